The highest BCUT2D eigenvalue weighted by Crippen LogP contribution is 2.27. The SMILES string of the molecule is CC(=O)c1cc(C)ccc1OC1CCCCCC1O. The lowest BCUT2D eigenvalue weighted by molar-refractivity contribution is 0.0314. The van der Waals surface area contributed by atoms with E-state index in [1.807, 2.05) is 25.1 Å². The van der Waals surface area contributed by atoms with Crippen LogP contribution < -0.4 is 4.74 Å². The largest absolute Gasteiger partial charge is 0.487 e. The molecule has 1 fully saturated rings. The maximum absolute atomic E-state index is 11.7. The topological polar surface area (TPSA) is 46.5 Å². The summed E-state index contributed by atoms with van der Waals surface area (Å²) in [6.45, 7) is 3.50. The highest BCUT2D eigenvalue weighted by atomic mass is 16.5. The third kappa shape index (κ3) is 3.57. The summed E-state index contributed by atoms with van der Waals surface area (Å²) in [5.41, 5.74) is 1.65. The molecule has 2 unspecified atom stereocenters. The van der Waals surface area contributed by atoms with Gasteiger partial charge < -0.3 is 9.84 Å². The number of aliphatic hydroxyl groups excluding tert-OH is 1. The van der Waals surface area contributed by atoms with Gasteiger partial charge in [-0.15, -0.1) is 0 Å². The number of hydrogen-bond acceptors (Lipinski definition) is 3. The monoisotopic (exact) mass is 262 g/mol. The number of carbonyl (C=O) groups is 1. The number of ketones is 1. The van der Waals surface area contributed by atoms with E-state index in [4.69, 9.17) is 4.74 Å². The lowest BCUT2D eigenvalue weighted by Crippen LogP contribution is -2.31. The van der Waals surface area contributed by atoms with Crippen LogP contribution in [0.15, 0.2) is 18.2 Å². The van der Waals surface area contributed by atoms with Crippen molar-refractivity contribution in [1.82, 2.24) is 0 Å². The van der Waals surface area contributed by atoms with Crippen molar-refractivity contribution < 1.29 is 14.6 Å². The maximum Gasteiger partial charge on any atom is 0.163 e. The van der Waals surface area contributed by atoms with Crippen molar-refractivity contribution in [2.75, 3.05) is 0 Å². The molecule has 19 heavy (non-hydrogen) atoms. The second kappa shape index (κ2) is 6.20. The molecule has 0 heterocycles. The van der Waals surface area contributed by atoms with Gasteiger partial charge in [-0.3, -0.25) is 4.79 Å². The lowest BCUT2D eigenvalue weighted by Gasteiger charge is -2.23. The van der Waals surface area contributed by atoms with Crippen LogP contribution in [0.4, 0.5) is 0 Å². The van der Waals surface area contributed by atoms with E-state index in [9.17, 15) is 9.90 Å². The minimum atomic E-state index is -0.427. The third-order valence-corrected chi connectivity index (χ3v) is 3.71. The molecule has 1 aliphatic carbocycles. The van der Waals surface area contributed by atoms with Gasteiger partial charge in [0, 0.05) is 0 Å². The number of benzene rings is 1. The summed E-state index contributed by atoms with van der Waals surface area (Å²) in [6, 6.07) is 5.62. The second-order valence-electron chi connectivity index (χ2n) is 5.42. The molecule has 104 valence electrons. The molecule has 1 aliphatic rings. The van der Waals surface area contributed by atoms with Crippen molar-refractivity contribution in [1.29, 1.82) is 0 Å². The fraction of sp³-hybridized carbons (Fsp3) is 0.562. The smallest absolute Gasteiger partial charge is 0.163 e. The number of aryl methyl sites for hydroxylation is 1. The number of Topliss-reactive ketones (excluding diaryl/α,β-unsaturated/α-hetero) is 1. The average molecular weight is 262 g/mol. The minimum absolute atomic E-state index is 0.00168. The molecule has 0 bridgehead atoms. The molecule has 3 nitrogen and oxygen atoms in total. The van der Waals surface area contributed by atoms with Gasteiger partial charge in [0.1, 0.15) is 11.9 Å². The Bertz CT molecular complexity index is 453. The first-order valence-corrected chi connectivity index (χ1v) is 7.04. The van der Waals surface area contributed by atoms with Crippen molar-refractivity contribution in [3.63, 3.8) is 0 Å². The zero-order valence-electron chi connectivity index (χ0n) is 11.7. The first-order valence-electron chi connectivity index (χ1n) is 7.04. The Kier molecular flexibility index (Phi) is 4.59. The van der Waals surface area contributed by atoms with Crippen LogP contribution in [0.25, 0.3) is 0 Å². The molecule has 0 radical (unpaired) electrons. The second-order valence-corrected chi connectivity index (χ2v) is 5.42. The fourth-order valence-corrected chi connectivity index (χ4v) is 2.58. The van der Waals surface area contributed by atoms with E-state index in [1.165, 1.54) is 0 Å². The van der Waals surface area contributed by atoms with Gasteiger partial charge in [-0.1, -0.05) is 24.5 Å². The fourth-order valence-electron chi connectivity index (χ4n) is 2.58. The van der Waals surface area contributed by atoms with E-state index < -0.39 is 6.10 Å². The van der Waals surface area contributed by atoms with Crippen LogP contribution in [0.5, 0.6) is 5.75 Å². The van der Waals surface area contributed by atoms with Gasteiger partial charge in [0.2, 0.25) is 0 Å². The highest BCUT2D eigenvalue weighted by Gasteiger charge is 2.24. The quantitative estimate of drug-likeness (QED) is 0.671. The highest BCUT2D eigenvalue weighted by molar-refractivity contribution is 5.97. The molecule has 2 rings (SSSR count). The van der Waals surface area contributed by atoms with E-state index in [0.717, 1.165) is 37.7 Å². The van der Waals surface area contributed by atoms with Gasteiger partial charge in [0.05, 0.1) is 11.7 Å². The van der Waals surface area contributed by atoms with Crippen LogP contribution in [0.2, 0.25) is 0 Å². The Labute approximate surface area is 114 Å². The van der Waals surface area contributed by atoms with E-state index >= 15 is 0 Å². The van der Waals surface area contributed by atoms with E-state index in [0.29, 0.717) is 11.3 Å². The van der Waals surface area contributed by atoms with Gasteiger partial charge >= 0.3 is 0 Å². The van der Waals surface area contributed by atoms with Crippen molar-refractivity contribution >= 4 is 5.78 Å². The molecule has 1 aromatic rings. The van der Waals surface area contributed by atoms with Gasteiger partial charge in [0.25, 0.3) is 0 Å². The Morgan fingerprint density at radius 3 is 2.74 bits per heavy atom. The average Bonchev–Trinajstić information content (AvgIpc) is 2.57. The first kappa shape index (κ1) is 14.1. The third-order valence-electron chi connectivity index (χ3n) is 3.71. The molecule has 0 saturated heterocycles. The molecule has 1 N–H and O–H groups in total. The van der Waals surface area contributed by atoms with Gasteiger partial charge in [-0.2, -0.15) is 0 Å². The summed E-state index contributed by atoms with van der Waals surface area (Å²) in [4.78, 5) is 11.7. The molecule has 3 heteroatoms. The Morgan fingerprint density at radius 2 is 2.00 bits per heavy atom. The standard InChI is InChI=1S/C16H22O3/c1-11-8-9-15(13(10-11)12(2)17)19-16-7-5-3-4-6-14(16)18/h8-10,14,16,18H,3-7H2,1-2H3. The van der Waals surface area contributed by atoms with E-state index in [1.54, 1.807) is 6.92 Å². The lowest BCUT2D eigenvalue weighted by atomic mass is 10.1. The van der Waals surface area contributed by atoms with Crippen LogP contribution >= 0.6 is 0 Å². The minimum Gasteiger partial charge on any atom is -0.487 e. The zero-order chi connectivity index (χ0) is 13.8. The van der Waals surface area contributed by atoms with Gasteiger partial charge in [-0.05, 0) is 45.2 Å². The van der Waals surface area contributed by atoms with Crippen LogP contribution in [-0.4, -0.2) is 23.1 Å². The molecular weight excluding hydrogens is 240 g/mol. The first-order chi connectivity index (χ1) is 9.08. The van der Waals surface area contributed by atoms with Crippen molar-refractivity contribution in [3.8, 4) is 5.75 Å². The molecule has 1 aromatic carbocycles. The number of hydrogen-bond donors (Lipinski definition) is 1. The molecule has 0 spiro atoms. The van der Waals surface area contributed by atoms with Gasteiger partial charge in [0.15, 0.2) is 5.78 Å². The maximum atomic E-state index is 11.7. The van der Waals surface area contributed by atoms with E-state index in [-0.39, 0.29) is 11.9 Å². The predicted molar refractivity (Wildman–Crippen MR) is 74.7 cm³/mol. The molecular formula is C16H22O3. The molecule has 0 amide bonds. The van der Waals surface area contributed by atoms with Crippen molar-refractivity contribution in [2.45, 2.75) is 58.2 Å². The summed E-state index contributed by atoms with van der Waals surface area (Å²) in [5.74, 6) is 0.603. The summed E-state index contributed by atoms with van der Waals surface area (Å²) >= 11 is 0. The summed E-state index contributed by atoms with van der Waals surface area (Å²) in [7, 11) is 0. The zero-order valence-corrected chi connectivity index (χ0v) is 11.7. The van der Waals surface area contributed by atoms with Crippen molar-refractivity contribution in [2.24, 2.45) is 0 Å². The summed E-state index contributed by atoms with van der Waals surface area (Å²) < 4.78 is 5.92. The normalized spacial score (nSPS) is 23.7. The molecule has 1 saturated carbocycles. The van der Waals surface area contributed by atoms with Crippen LogP contribution in [-0.2, 0) is 0 Å². The summed E-state index contributed by atoms with van der Waals surface area (Å²) in [5, 5.41) is 10.1. The predicted octanol–water partition coefficient (Wildman–Crippen LogP) is 3.27. The molecule has 0 aliphatic heterocycles. The number of ether oxygens (including phenoxy) is 1. The number of rotatable bonds is 3. The van der Waals surface area contributed by atoms with Crippen LogP contribution in [0.1, 0.15) is 54.9 Å². The Hall–Kier alpha value is -1.35. The molecule has 2 atom stereocenters. The van der Waals surface area contributed by atoms with Crippen molar-refractivity contribution in [3.05, 3.63) is 29.3 Å². The van der Waals surface area contributed by atoms with Gasteiger partial charge in [-0.25, -0.2) is 0 Å². The van der Waals surface area contributed by atoms with E-state index in [2.05, 4.69) is 0 Å². The Morgan fingerprint density at radius 1 is 1.26 bits per heavy atom. The molecule has 0 aromatic heterocycles. The van der Waals surface area contributed by atoms with Crippen LogP contribution in [0, 0.1) is 6.92 Å². The number of carbonyl (C=O) groups excluding carboxylic acids is 1. The summed E-state index contributed by atoms with van der Waals surface area (Å²) in [6.07, 6.45) is 4.28. The Balaban J connectivity index is 2.19. The van der Waals surface area contributed by atoms with Crippen LogP contribution in [0.3, 0.4) is 0 Å². The number of aliphatic hydroxyl groups is 1.